The van der Waals surface area contributed by atoms with Gasteiger partial charge in [-0.3, -0.25) is 4.79 Å². The van der Waals surface area contributed by atoms with Gasteiger partial charge in [-0.05, 0) is 24.3 Å². The van der Waals surface area contributed by atoms with E-state index in [1.807, 2.05) is 36.4 Å². The standard InChI is InChI=1S/C24H17NO4/c26-23(17-11-5-2-6-12-17)25-22(24(27)28)19-15-21(16-9-3-1-4-10-16)29-20-14-8-7-13-18(19)20/h1-15H,(H,25,26)(H,27,28)/b22-19+. The van der Waals surface area contributed by atoms with Gasteiger partial charge in [0.1, 0.15) is 17.2 Å². The van der Waals surface area contributed by atoms with E-state index in [1.54, 1.807) is 54.6 Å². The normalized spacial score (nSPS) is 14.1. The molecule has 5 heteroatoms. The Morgan fingerprint density at radius 3 is 2.10 bits per heavy atom. The highest BCUT2D eigenvalue weighted by atomic mass is 16.5. The van der Waals surface area contributed by atoms with E-state index in [0.29, 0.717) is 28.2 Å². The van der Waals surface area contributed by atoms with Gasteiger partial charge in [0.15, 0.2) is 0 Å². The number of hydrogen-bond donors (Lipinski definition) is 2. The summed E-state index contributed by atoms with van der Waals surface area (Å²) in [7, 11) is 0. The molecule has 0 aromatic heterocycles. The molecule has 0 spiro atoms. The second-order valence-electron chi connectivity index (χ2n) is 6.39. The Balaban J connectivity index is 1.84. The van der Waals surface area contributed by atoms with Crippen molar-refractivity contribution in [3.05, 3.63) is 113 Å². The number of allylic oxidation sites excluding steroid dienone is 2. The number of rotatable bonds is 4. The number of aliphatic carboxylic acids is 1. The van der Waals surface area contributed by atoms with Gasteiger partial charge in [0.2, 0.25) is 0 Å². The van der Waals surface area contributed by atoms with Crippen molar-refractivity contribution in [2.24, 2.45) is 0 Å². The summed E-state index contributed by atoms with van der Waals surface area (Å²) < 4.78 is 5.99. The summed E-state index contributed by atoms with van der Waals surface area (Å²) in [5.74, 6) is -0.692. The Hall–Kier alpha value is -4.12. The van der Waals surface area contributed by atoms with Crippen LogP contribution < -0.4 is 10.1 Å². The molecular formula is C24H17NO4. The SMILES string of the molecule is O=C(O)/C(NC(=O)c1ccccc1)=C1/C=C(c2ccccc2)Oc2ccccc21. The average molecular weight is 383 g/mol. The quantitative estimate of drug-likeness (QED) is 0.657. The Morgan fingerprint density at radius 2 is 1.41 bits per heavy atom. The second kappa shape index (κ2) is 7.86. The summed E-state index contributed by atoms with van der Waals surface area (Å²) in [5.41, 5.74) is 1.95. The van der Waals surface area contributed by atoms with Gasteiger partial charge in [0.25, 0.3) is 5.91 Å². The maximum atomic E-state index is 12.6. The summed E-state index contributed by atoms with van der Waals surface area (Å²) in [6, 6.07) is 25.0. The molecule has 4 rings (SSSR count). The van der Waals surface area contributed by atoms with Crippen LogP contribution in [0.1, 0.15) is 21.5 Å². The van der Waals surface area contributed by atoms with Crippen LogP contribution in [0.15, 0.2) is 96.7 Å². The number of carboxylic acid groups (broad SMARTS) is 1. The highest BCUT2D eigenvalue weighted by Crippen LogP contribution is 2.38. The lowest BCUT2D eigenvalue weighted by molar-refractivity contribution is -0.132. The van der Waals surface area contributed by atoms with Crippen molar-refractivity contribution in [1.29, 1.82) is 0 Å². The molecule has 1 aliphatic heterocycles. The Bertz CT molecular complexity index is 1130. The molecule has 0 radical (unpaired) electrons. The van der Waals surface area contributed by atoms with E-state index in [-0.39, 0.29) is 5.70 Å². The third-order valence-electron chi connectivity index (χ3n) is 4.49. The van der Waals surface area contributed by atoms with Crippen molar-refractivity contribution in [3.8, 4) is 5.75 Å². The van der Waals surface area contributed by atoms with Crippen LogP contribution in [0.25, 0.3) is 11.3 Å². The van der Waals surface area contributed by atoms with Crippen LogP contribution in [0.5, 0.6) is 5.75 Å². The van der Waals surface area contributed by atoms with E-state index in [4.69, 9.17) is 4.74 Å². The summed E-state index contributed by atoms with van der Waals surface area (Å²) >= 11 is 0. The lowest BCUT2D eigenvalue weighted by Gasteiger charge is -2.22. The zero-order chi connectivity index (χ0) is 20.2. The molecule has 0 fully saturated rings. The maximum Gasteiger partial charge on any atom is 0.353 e. The van der Waals surface area contributed by atoms with Crippen molar-refractivity contribution in [3.63, 3.8) is 0 Å². The first-order valence-corrected chi connectivity index (χ1v) is 9.02. The first kappa shape index (κ1) is 18.3. The van der Waals surface area contributed by atoms with E-state index < -0.39 is 11.9 Å². The highest BCUT2D eigenvalue weighted by molar-refractivity contribution is 6.07. The molecule has 0 bridgehead atoms. The number of carbonyl (C=O) groups excluding carboxylic acids is 1. The molecule has 1 aliphatic rings. The number of carbonyl (C=O) groups is 2. The minimum absolute atomic E-state index is 0.206. The molecule has 0 unspecified atom stereocenters. The molecule has 142 valence electrons. The minimum Gasteiger partial charge on any atom is -0.477 e. The Morgan fingerprint density at radius 1 is 0.793 bits per heavy atom. The van der Waals surface area contributed by atoms with Crippen molar-refractivity contribution < 1.29 is 19.4 Å². The molecule has 3 aromatic rings. The van der Waals surface area contributed by atoms with E-state index in [0.717, 1.165) is 5.56 Å². The van der Waals surface area contributed by atoms with Crippen LogP contribution in [0.4, 0.5) is 0 Å². The third-order valence-corrected chi connectivity index (χ3v) is 4.49. The van der Waals surface area contributed by atoms with Gasteiger partial charge in [-0.2, -0.15) is 0 Å². The zero-order valence-electron chi connectivity index (χ0n) is 15.3. The zero-order valence-corrected chi connectivity index (χ0v) is 15.3. The van der Waals surface area contributed by atoms with E-state index >= 15 is 0 Å². The topological polar surface area (TPSA) is 75.6 Å². The predicted molar refractivity (Wildman–Crippen MR) is 110 cm³/mol. The summed E-state index contributed by atoms with van der Waals surface area (Å²) in [6.07, 6.45) is 1.65. The number of nitrogens with one attached hydrogen (secondary N) is 1. The number of amides is 1. The van der Waals surface area contributed by atoms with Crippen LogP contribution in [-0.2, 0) is 4.79 Å². The predicted octanol–water partition coefficient (Wildman–Crippen LogP) is 4.35. The fourth-order valence-electron chi connectivity index (χ4n) is 3.10. The van der Waals surface area contributed by atoms with Crippen LogP contribution >= 0.6 is 0 Å². The van der Waals surface area contributed by atoms with Gasteiger partial charge in [-0.1, -0.05) is 66.7 Å². The van der Waals surface area contributed by atoms with Gasteiger partial charge in [0.05, 0.1) is 0 Å². The van der Waals surface area contributed by atoms with Crippen molar-refractivity contribution in [2.75, 3.05) is 0 Å². The molecule has 2 N–H and O–H groups in total. The van der Waals surface area contributed by atoms with E-state index in [2.05, 4.69) is 5.32 Å². The third kappa shape index (κ3) is 3.80. The van der Waals surface area contributed by atoms with Crippen LogP contribution in [0, 0.1) is 0 Å². The smallest absolute Gasteiger partial charge is 0.353 e. The Labute approximate surface area is 167 Å². The molecule has 29 heavy (non-hydrogen) atoms. The number of carboxylic acids is 1. The van der Waals surface area contributed by atoms with Crippen LogP contribution in [-0.4, -0.2) is 17.0 Å². The summed E-state index contributed by atoms with van der Waals surface area (Å²) in [5, 5.41) is 12.4. The lowest BCUT2D eigenvalue weighted by atomic mass is 9.97. The van der Waals surface area contributed by atoms with Crippen molar-refractivity contribution in [2.45, 2.75) is 0 Å². The van der Waals surface area contributed by atoms with Crippen molar-refractivity contribution >= 4 is 23.2 Å². The molecule has 1 heterocycles. The second-order valence-corrected chi connectivity index (χ2v) is 6.39. The summed E-state index contributed by atoms with van der Waals surface area (Å²) in [4.78, 5) is 24.7. The number of fused-ring (bicyclic) bond motifs is 1. The molecule has 0 saturated carbocycles. The molecule has 5 nitrogen and oxygen atoms in total. The maximum absolute atomic E-state index is 12.6. The lowest BCUT2D eigenvalue weighted by Crippen LogP contribution is -2.28. The molecular weight excluding hydrogens is 366 g/mol. The van der Waals surface area contributed by atoms with E-state index in [1.165, 1.54) is 0 Å². The molecule has 1 amide bonds. The number of para-hydroxylation sites is 1. The van der Waals surface area contributed by atoms with Gasteiger partial charge in [0, 0.05) is 22.3 Å². The van der Waals surface area contributed by atoms with Gasteiger partial charge < -0.3 is 15.2 Å². The fourth-order valence-corrected chi connectivity index (χ4v) is 3.10. The first-order chi connectivity index (χ1) is 14.1. The number of ether oxygens (including phenoxy) is 1. The number of hydrogen-bond acceptors (Lipinski definition) is 3. The molecule has 0 aliphatic carbocycles. The highest BCUT2D eigenvalue weighted by Gasteiger charge is 2.25. The largest absolute Gasteiger partial charge is 0.477 e. The van der Waals surface area contributed by atoms with Crippen LogP contribution in [0.2, 0.25) is 0 Å². The average Bonchev–Trinajstić information content (AvgIpc) is 2.77. The first-order valence-electron chi connectivity index (χ1n) is 9.02. The molecule has 0 atom stereocenters. The van der Waals surface area contributed by atoms with Gasteiger partial charge in [-0.25, -0.2) is 4.79 Å². The Kier molecular flexibility index (Phi) is 4.95. The van der Waals surface area contributed by atoms with Gasteiger partial charge in [-0.15, -0.1) is 0 Å². The number of benzene rings is 3. The molecule has 3 aromatic carbocycles. The van der Waals surface area contributed by atoms with Gasteiger partial charge >= 0.3 is 5.97 Å². The minimum atomic E-state index is -1.23. The van der Waals surface area contributed by atoms with E-state index in [9.17, 15) is 14.7 Å². The van der Waals surface area contributed by atoms with Crippen molar-refractivity contribution in [1.82, 2.24) is 5.32 Å². The molecule has 0 saturated heterocycles. The van der Waals surface area contributed by atoms with Crippen LogP contribution in [0.3, 0.4) is 0 Å². The monoisotopic (exact) mass is 383 g/mol. The fraction of sp³-hybridized carbons (Fsp3) is 0. The summed E-state index contributed by atoms with van der Waals surface area (Å²) in [6.45, 7) is 0.